The molecule has 0 bridgehead atoms. The second-order valence-electron chi connectivity index (χ2n) is 9.61. The molecule has 2 aromatic heterocycles. The molecule has 1 fully saturated rings. The monoisotopic (exact) mass is 525 g/mol. The SMILES string of the molecule is [O-][S+]1CCN(CCCNc2ccc3ncnc(Nc4ccc5c(cnn5Cc5ccccc5)c4)c3c2)CC1. The summed E-state index contributed by atoms with van der Waals surface area (Å²) in [5.41, 5.74) is 5.22. The highest BCUT2D eigenvalue weighted by Crippen LogP contribution is 2.28. The summed E-state index contributed by atoms with van der Waals surface area (Å²) < 4.78 is 13.6. The van der Waals surface area contributed by atoms with Crippen LogP contribution in [0.25, 0.3) is 21.8 Å². The fourth-order valence-corrected chi connectivity index (χ4v) is 6.01. The normalized spacial score (nSPS) is 14.8. The van der Waals surface area contributed by atoms with E-state index in [1.807, 2.05) is 23.0 Å². The van der Waals surface area contributed by atoms with E-state index in [1.165, 1.54) is 5.56 Å². The maximum Gasteiger partial charge on any atom is 0.141 e. The van der Waals surface area contributed by atoms with Crippen molar-refractivity contribution in [3.8, 4) is 0 Å². The Balaban J connectivity index is 1.13. The summed E-state index contributed by atoms with van der Waals surface area (Å²) in [6.07, 6.45) is 4.55. The molecule has 0 aliphatic carbocycles. The number of aromatic nitrogens is 4. The average molecular weight is 526 g/mol. The molecule has 6 rings (SSSR count). The molecule has 8 nitrogen and oxygen atoms in total. The molecule has 0 amide bonds. The molecule has 1 saturated heterocycles. The van der Waals surface area contributed by atoms with Gasteiger partial charge in [0.2, 0.25) is 0 Å². The number of benzene rings is 3. The molecule has 1 aliphatic heterocycles. The van der Waals surface area contributed by atoms with Crippen molar-refractivity contribution in [2.24, 2.45) is 0 Å². The van der Waals surface area contributed by atoms with Gasteiger partial charge in [-0.1, -0.05) is 41.5 Å². The third kappa shape index (κ3) is 5.75. The van der Waals surface area contributed by atoms with E-state index in [-0.39, 0.29) is 0 Å². The lowest BCUT2D eigenvalue weighted by Gasteiger charge is -2.27. The van der Waals surface area contributed by atoms with Crippen molar-refractivity contribution in [2.75, 3.05) is 48.3 Å². The van der Waals surface area contributed by atoms with Crippen molar-refractivity contribution < 1.29 is 4.55 Å². The lowest BCUT2D eigenvalue weighted by atomic mass is 10.2. The zero-order valence-corrected chi connectivity index (χ0v) is 22.0. The van der Waals surface area contributed by atoms with Gasteiger partial charge in [0, 0.05) is 48.3 Å². The summed E-state index contributed by atoms with van der Waals surface area (Å²) in [5, 5.41) is 13.7. The summed E-state index contributed by atoms with van der Waals surface area (Å²) in [5.74, 6) is 2.38. The van der Waals surface area contributed by atoms with Crippen LogP contribution < -0.4 is 10.6 Å². The van der Waals surface area contributed by atoms with Crippen LogP contribution in [0.15, 0.2) is 79.3 Å². The number of nitrogens with zero attached hydrogens (tertiary/aromatic N) is 5. The molecule has 0 unspecified atom stereocenters. The first-order valence-corrected chi connectivity index (χ1v) is 14.5. The number of fused-ring (bicyclic) bond motifs is 2. The van der Waals surface area contributed by atoms with Gasteiger partial charge in [-0.3, -0.25) is 9.58 Å². The Morgan fingerprint density at radius 1 is 0.921 bits per heavy atom. The average Bonchev–Trinajstić information content (AvgIpc) is 3.34. The van der Waals surface area contributed by atoms with Crippen molar-refractivity contribution in [3.05, 3.63) is 84.8 Å². The highest BCUT2D eigenvalue weighted by atomic mass is 32.2. The van der Waals surface area contributed by atoms with Gasteiger partial charge in [0.25, 0.3) is 0 Å². The second kappa shape index (κ2) is 11.4. The Morgan fingerprint density at radius 3 is 2.63 bits per heavy atom. The van der Waals surface area contributed by atoms with E-state index in [2.05, 4.69) is 85.2 Å². The van der Waals surface area contributed by atoms with E-state index < -0.39 is 11.2 Å². The third-order valence-electron chi connectivity index (χ3n) is 6.97. The number of hydrogen-bond donors (Lipinski definition) is 2. The maximum atomic E-state index is 11.5. The van der Waals surface area contributed by atoms with Gasteiger partial charge in [0.05, 0.1) is 23.8 Å². The Morgan fingerprint density at radius 2 is 1.76 bits per heavy atom. The van der Waals surface area contributed by atoms with E-state index in [9.17, 15) is 4.55 Å². The minimum Gasteiger partial charge on any atom is -0.616 e. The van der Waals surface area contributed by atoms with Crippen molar-refractivity contribution in [1.29, 1.82) is 0 Å². The van der Waals surface area contributed by atoms with Gasteiger partial charge >= 0.3 is 0 Å². The van der Waals surface area contributed by atoms with Crippen molar-refractivity contribution in [2.45, 2.75) is 13.0 Å². The zero-order valence-electron chi connectivity index (χ0n) is 21.2. The van der Waals surface area contributed by atoms with Crippen LogP contribution in [0, 0.1) is 0 Å². The van der Waals surface area contributed by atoms with Gasteiger partial charge in [0.15, 0.2) is 0 Å². The van der Waals surface area contributed by atoms with Gasteiger partial charge in [-0.15, -0.1) is 0 Å². The largest absolute Gasteiger partial charge is 0.616 e. The topological polar surface area (TPSA) is 94.0 Å². The highest BCUT2D eigenvalue weighted by molar-refractivity contribution is 7.91. The van der Waals surface area contributed by atoms with Gasteiger partial charge in [0.1, 0.15) is 23.7 Å². The fraction of sp³-hybridized carbons (Fsp3) is 0.276. The first kappa shape index (κ1) is 24.7. The predicted molar refractivity (Wildman–Crippen MR) is 156 cm³/mol. The van der Waals surface area contributed by atoms with Crippen LogP contribution in [-0.2, 0) is 17.7 Å². The van der Waals surface area contributed by atoms with Crippen LogP contribution in [-0.4, -0.2) is 66.9 Å². The Hall–Kier alpha value is -3.66. The Kier molecular flexibility index (Phi) is 7.39. The molecule has 3 heterocycles. The van der Waals surface area contributed by atoms with Crippen LogP contribution in [0.5, 0.6) is 0 Å². The minimum absolute atomic E-state index is 0.622. The van der Waals surface area contributed by atoms with E-state index in [1.54, 1.807) is 6.33 Å². The second-order valence-corrected chi connectivity index (χ2v) is 11.3. The van der Waals surface area contributed by atoms with E-state index in [0.29, 0.717) is 0 Å². The molecule has 0 radical (unpaired) electrons. The molecular formula is C29H31N7OS. The number of rotatable bonds is 9. The van der Waals surface area contributed by atoms with Gasteiger partial charge in [-0.05, 0) is 48.4 Å². The van der Waals surface area contributed by atoms with Gasteiger partial charge in [-0.25, -0.2) is 9.97 Å². The number of nitrogens with one attached hydrogen (secondary N) is 2. The lowest BCUT2D eigenvalue weighted by Crippen LogP contribution is -2.41. The van der Waals surface area contributed by atoms with Crippen LogP contribution in [0.2, 0.25) is 0 Å². The van der Waals surface area contributed by atoms with Crippen LogP contribution in [0.1, 0.15) is 12.0 Å². The molecule has 194 valence electrons. The van der Waals surface area contributed by atoms with Crippen molar-refractivity contribution in [3.63, 3.8) is 0 Å². The molecule has 3 aromatic carbocycles. The minimum atomic E-state index is -0.622. The molecular weight excluding hydrogens is 494 g/mol. The van der Waals surface area contributed by atoms with Crippen molar-refractivity contribution in [1.82, 2.24) is 24.6 Å². The smallest absolute Gasteiger partial charge is 0.141 e. The third-order valence-corrected chi connectivity index (χ3v) is 8.24. The van der Waals surface area contributed by atoms with E-state index in [0.717, 1.165) is 89.6 Å². The van der Waals surface area contributed by atoms with Gasteiger partial charge < -0.3 is 15.2 Å². The quantitative estimate of drug-likeness (QED) is 0.214. The van der Waals surface area contributed by atoms with Crippen molar-refractivity contribution >= 4 is 50.2 Å². The van der Waals surface area contributed by atoms with Crippen LogP contribution in [0.3, 0.4) is 0 Å². The summed E-state index contributed by atoms with van der Waals surface area (Å²) in [6, 6.07) is 22.8. The molecule has 0 saturated carbocycles. The molecule has 1 aliphatic rings. The molecule has 38 heavy (non-hydrogen) atoms. The molecule has 9 heteroatoms. The van der Waals surface area contributed by atoms with Crippen LogP contribution in [0.4, 0.5) is 17.2 Å². The Labute approximate surface area is 225 Å². The van der Waals surface area contributed by atoms with Crippen LogP contribution >= 0.6 is 0 Å². The molecule has 0 atom stereocenters. The summed E-state index contributed by atoms with van der Waals surface area (Å²) in [4.78, 5) is 11.4. The number of hydrogen-bond acceptors (Lipinski definition) is 7. The Bertz CT molecular complexity index is 1520. The first-order valence-electron chi connectivity index (χ1n) is 13.0. The zero-order chi connectivity index (χ0) is 25.7. The van der Waals surface area contributed by atoms with Gasteiger partial charge in [-0.2, -0.15) is 5.10 Å². The molecule has 2 N–H and O–H groups in total. The fourth-order valence-electron chi connectivity index (χ4n) is 4.88. The molecule has 0 spiro atoms. The maximum absolute atomic E-state index is 11.5. The predicted octanol–water partition coefficient (Wildman–Crippen LogP) is 4.64. The van der Waals surface area contributed by atoms with E-state index in [4.69, 9.17) is 0 Å². The standard InChI is InChI=1S/C29H31N7OS/c37-38-15-13-35(14-16-38)12-4-11-30-24-7-9-27-26(18-24)29(32-21-31-27)34-25-8-10-28-23(17-25)19-33-36(28)20-22-5-2-1-3-6-22/h1-3,5-10,17-19,21,30H,4,11-16,20H2,(H,31,32,34). The summed E-state index contributed by atoms with van der Waals surface area (Å²) in [6.45, 7) is 4.52. The lowest BCUT2D eigenvalue weighted by molar-refractivity contribution is 0.294. The molecule has 5 aromatic rings. The number of anilines is 3. The van der Waals surface area contributed by atoms with E-state index >= 15 is 0 Å². The summed E-state index contributed by atoms with van der Waals surface area (Å²) >= 11 is -0.622. The first-order chi connectivity index (χ1) is 18.7. The highest BCUT2D eigenvalue weighted by Gasteiger charge is 2.18. The summed E-state index contributed by atoms with van der Waals surface area (Å²) in [7, 11) is 0.